The molecule has 0 bridgehead atoms. The van der Waals surface area contributed by atoms with Crippen LogP contribution in [0.3, 0.4) is 0 Å². The first-order valence-electron chi connectivity index (χ1n) is 8.52. The lowest BCUT2D eigenvalue weighted by molar-refractivity contribution is 0.415. The van der Waals surface area contributed by atoms with E-state index in [1.807, 2.05) is 18.2 Å². The highest BCUT2D eigenvalue weighted by atomic mass is 32.1. The average Bonchev–Trinajstić information content (AvgIpc) is 3.10. The fourth-order valence-electron chi connectivity index (χ4n) is 3.01. The van der Waals surface area contributed by atoms with Gasteiger partial charge in [-0.3, -0.25) is 0 Å². The Balaban J connectivity index is 1.72. The molecule has 0 radical (unpaired) electrons. The molecule has 0 unspecified atom stereocenters. The molecule has 0 N–H and O–H groups in total. The molecular weight excluding hydrogens is 338 g/mol. The Labute approximate surface area is 157 Å². The van der Waals surface area contributed by atoms with Gasteiger partial charge in [0.2, 0.25) is 0 Å². The topological polar surface area (TPSA) is 22.1 Å². The van der Waals surface area contributed by atoms with Crippen molar-refractivity contribution in [1.29, 1.82) is 0 Å². The number of hydrogen-bond donors (Lipinski definition) is 0. The van der Waals surface area contributed by atoms with Crippen molar-refractivity contribution in [2.75, 3.05) is 7.11 Å². The van der Waals surface area contributed by atoms with Gasteiger partial charge in [-0.05, 0) is 47.9 Å². The van der Waals surface area contributed by atoms with Crippen LogP contribution in [0.5, 0.6) is 5.75 Å². The molecule has 0 aliphatic heterocycles. The summed E-state index contributed by atoms with van der Waals surface area (Å²) in [5.41, 5.74) is 5.79. The summed E-state index contributed by atoms with van der Waals surface area (Å²) < 4.78 is 5.26. The summed E-state index contributed by atoms with van der Waals surface area (Å²) in [6.07, 6.45) is 0. The molecule has 4 aromatic rings. The number of methoxy groups -OCH3 is 1. The van der Waals surface area contributed by atoms with E-state index >= 15 is 0 Å². The van der Waals surface area contributed by atoms with Crippen LogP contribution in [0.25, 0.3) is 32.8 Å². The van der Waals surface area contributed by atoms with Gasteiger partial charge in [0, 0.05) is 5.56 Å². The van der Waals surface area contributed by atoms with Crippen LogP contribution in [0, 0.1) is 6.92 Å². The molecule has 2 nitrogen and oxygen atoms in total. The normalized spacial score (nSPS) is 10.7. The van der Waals surface area contributed by atoms with E-state index in [1.165, 1.54) is 21.6 Å². The minimum absolute atomic E-state index is 0.856. The predicted molar refractivity (Wildman–Crippen MR) is 110 cm³/mol. The summed E-state index contributed by atoms with van der Waals surface area (Å²) in [6, 6.07) is 27.3. The van der Waals surface area contributed by atoms with E-state index in [2.05, 4.69) is 67.6 Å². The molecule has 0 saturated carbocycles. The summed E-state index contributed by atoms with van der Waals surface area (Å²) in [5, 5.41) is 1.07. The van der Waals surface area contributed by atoms with Crippen molar-refractivity contribution in [3.8, 4) is 38.6 Å². The largest absolute Gasteiger partial charge is 0.497 e. The molecule has 0 fully saturated rings. The molecule has 128 valence electrons. The van der Waals surface area contributed by atoms with Gasteiger partial charge in [0.1, 0.15) is 5.75 Å². The lowest BCUT2D eigenvalue weighted by atomic mass is 10.0. The third-order valence-corrected chi connectivity index (χ3v) is 5.37. The predicted octanol–water partition coefficient (Wildman–Crippen LogP) is 6.46. The first-order chi connectivity index (χ1) is 12.7. The zero-order valence-corrected chi connectivity index (χ0v) is 15.6. The minimum Gasteiger partial charge on any atom is -0.497 e. The molecule has 1 aromatic heterocycles. The molecule has 0 amide bonds. The van der Waals surface area contributed by atoms with E-state index in [0.717, 1.165) is 22.0 Å². The van der Waals surface area contributed by atoms with E-state index in [-0.39, 0.29) is 0 Å². The number of nitrogens with zero attached hydrogens (tertiary/aromatic N) is 1. The number of rotatable bonds is 4. The van der Waals surface area contributed by atoms with Crippen molar-refractivity contribution in [3.05, 3.63) is 83.9 Å². The smallest absolute Gasteiger partial charge is 0.118 e. The highest BCUT2D eigenvalue weighted by Gasteiger charge is 2.13. The van der Waals surface area contributed by atoms with Gasteiger partial charge in [0.05, 0.1) is 22.7 Å². The van der Waals surface area contributed by atoms with Crippen LogP contribution in [-0.2, 0) is 0 Å². The van der Waals surface area contributed by atoms with Crippen LogP contribution in [0.2, 0.25) is 0 Å². The number of aryl methyl sites for hydroxylation is 1. The Morgan fingerprint density at radius 2 is 1.27 bits per heavy atom. The molecule has 26 heavy (non-hydrogen) atoms. The maximum absolute atomic E-state index is 5.26. The maximum atomic E-state index is 5.26. The maximum Gasteiger partial charge on any atom is 0.118 e. The van der Waals surface area contributed by atoms with Gasteiger partial charge in [0.15, 0.2) is 0 Å². The van der Waals surface area contributed by atoms with Gasteiger partial charge in [-0.25, -0.2) is 4.98 Å². The Hall–Kier alpha value is -2.91. The minimum atomic E-state index is 0.856. The lowest BCUT2D eigenvalue weighted by Crippen LogP contribution is -1.85. The molecule has 0 aliphatic rings. The van der Waals surface area contributed by atoms with Crippen LogP contribution in [0.15, 0.2) is 78.9 Å². The second-order valence-corrected chi connectivity index (χ2v) is 7.29. The average molecular weight is 357 g/mol. The van der Waals surface area contributed by atoms with Crippen LogP contribution in [0.4, 0.5) is 0 Å². The molecule has 0 aliphatic carbocycles. The number of ether oxygens (including phenoxy) is 1. The fourth-order valence-corrected chi connectivity index (χ4v) is 3.96. The van der Waals surface area contributed by atoms with Gasteiger partial charge in [-0.1, -0.05) is 54.6 Å². The fraction of sp³-hybridized carbons (Fsp3) is 0.0870. The SMILES string of the molecule is COc1ccc(-c2nc(C)sc2-c2ccc(-c3ccccc3)cc2)cc1. The number of aromatic nitrogens is 1. The van der Waals surface area contributed by atoms with Crippen LogP contribution in [-0.4, -0.2) is 12.1 Å². The molecular formula is C23H19NOS. The molecule has 0 spiro atoms. The summed E-state index contributed by atoms with van der Waals surface area (Å²) >= 11 is 1.73. The Kier molecular flexibility index (Phi) is 4.55. The van der Waals surface area contributed by atoms with Crippen molar-refractivity contribution in [2.45, 2.75) is 6.92 Å². The second-order valence-electron chi connectivity index (χ2n) is 6.08. The lowest BCUT2D eigenvalue weighted by Gasteiger charge is -2.06. The summed E-state index contributed by atoms with van der Waals surface area (Å²) in [6.45, 7) is 2.06. The molecule has 0 saturated heterocycles. The van der Waals surface area contributed by atoms with E-state index < -0.39 is 0 Å². The van der Waals surface area contributed by atoms with E-state index in [1.54, 1.807) is 18.4 Å². The van der Waals surface area contributed by atoms with Crippen LogP contribution < -0.4 is 4.74 Å². The van der Waals surface area contributed by atoms with Gasteiger partial charge >= 0.3 is 0 Å². The molecule has 3 aromatic carbocycles. The van der Waals surface area contributed by atoms with Crippen LogP contribution >= 0.6 is 11.3 Å². The van der Waals surface area contributed by atoms with Gasteiger partial charge in [-0.2, -0.15) is 0 Å². The second kappa shape index (κ2) is 7.14. The summed E-state index contributed by atoms with van der Waals surface area (Å²) in [4.78, 5) is 5.97. The number of benzene rings is 3. The van der Waals surface area contributed by atoms with E-state index in [4.69, 9.17) is 9.72 Å². The Bertz CT molecular complexity index is 1000. The van der Waals surface area contributed by atoms with E-state index in [0.29, 0.717) is 0 Å². The van der Waals surface area contributed by atoms with Crippen molar-refractivity contribution >= 4 is 11.3 Å². The Morgan fingerprint density at radius 3 is 1.92 bits per heavy atom. The third-order valence-electron chi connectivity index (χ3n) is 4.35. The molecule has 3 heteroatoms. The zero-order chi connectivity index (χ0) is 17.9. The monoisotopic (exact) mass is 357 g/mol. The Morgan fingerprint density at radius 1 is 0.692 bits per heavy atom. The highest BCUT2D eigenvalue weighted by Crippen LogP contribution is 2.37. The van der Waals surface area contributed by atoms with Gasteiger partial charge in [0.25, 0.3) is 0 Å². The quantitative estimate of drug-likeness (QED) is 0.418. The number of hydrogen-bond acceptors (Lipinski definition) is 3. The van der Waals surface area contributed by atoms with Gasteiger partial charge in [-0.15, -0.1) is 11.3 Å². The standard InChI is InChI=1S/C23H19NOS/c1-16-24-22(19-12-14-21(25-2)15-13-19)23(26-16)20-10-8-18(9-11-20)17-6-4-3-5-7-17/h3-15H,1-2H3. The first kappa shape index (κ1) is 16.6. The number of thiazole rings is 1. The van der Waals surface area contributed by atoms with Crippen molar-refractivity contribution < 1.29 is 4.74 Å². The summed E-state index contributed by atoms with van der Waals surface area (Å²) in [7, 11) is 1.68. The van der Waals surface area contributed by atoms with E-state index in [9.17, 15) is 0 Å². The third kappa shape index (κ3) is 3.26. The zero-order valence-electron chi connectivity index (χ0n) is 14.8. The molecule has 0 atom stereocenters. The molecule has 1 heterocycles. The van der Waals surface area contributed by atoms with Crippen molar-refractivity contribution in [1.82, 2.24) is 4.98 Å². The van der Waals surface area contributed by atoms with Gasteiger partial charge < -0.3 is 4.74 Å². The first-order valence-corrected chi connectivity index (χ1v) is 9.34. The molecule has 4 rings (SSSR count). The van der Waals surface area contributed by atoms with Crippen molar-refractivity contribution in [3.63, 3.8) is 0 Å². The summed E-state index contributed by atoms with van der Waals surface area (Å²) in [5.74, 6) is 0.856. The van der Waals surface area contributed by atoms with Crippen LogP contribution in [0.1, 0.15) is 5.01 Å². The van der Waals surface area contributed by atoms with Crippen molar-refractivity contribution in [2.24, 2.45) is 0 Å². The highest BCUT2D eigenvalue weighted by molar-refractivity contribution is 7.15.